The maximum absolute atomic E-state index is 12.4. The molecule has 1 amide bonds. The molecule has 2 rings (SSSR count). The van der Waals surface area contributed by atoms with Crippen molar-refractivity contribution in [3.63, 3.8) is 0 Å². The number of fused-ring (bicyclic) bond motifs is 1. The van der Waals surface area contributed by atoms with E-state index in [0.717, 1.165) is 25.0 Å². The van der Waals surface area contributed by atoms with E-state index in [0.29, 0.717) is 25.4 Å². The van der Waals surface area contributed by atoms with Crippen molar-refractivity contribution in [3.05, 3.63) is 29.3 Å². The van der Waals surface area contributed by atoms with Crippen LogP contribution in [-0.2, 0) is 11.2 Å². The number of ether oxygens (including phenoxy) is 1. The third kappa shape index (κ3) is 3.76. The average molecular weight is 291 g/mol. The highest BCUT2D eigenvalue weighted by atomic mass is 16.5. The van der Waals surface area contributed by atoms with E-state index in [1.807, 2.05) is 13.0 Å². The predicted molar refractivity (Wildman–Crippen MR) is 82.6 cm³/mol. The molecule has 1 atom stereocenters. The Kier molecular flexibility index (Phi) is 5.62. The predicted octanol–water partition coefficient (Wildman–Crippen LogP) is 2.35. The molecule has 1 N–H and O–H groups in total. The van der Waals surface area contributed by atoms with Crippen LogP contribution in [-0.4, -0.2) is 42.7 Å². The van der Waals surface area contributed by atoms with Crippen LogP contribution in [0.5, 0.6) is 5.75 Å². The summed E-state index contributed by atoms with van der Waals surface area (Å²) in [6.07, 6.45) is 3.77. The lowest BCUT2D eigenvalue weighted by molar-refractivity contribution is -0.132. The molecule has 0 saturated carbocycles. The fraction of sp³-hybridized carbons (Fsp3) is 0.588. The molecule has 0 saturated heterocycles. The fourth-order valence-corrected chi connectivity index (χ4v) is 3.15. The first-order valence-electron chi connectivity index (χ1n) is 7.75. The van der Waals surface area contributed by atoms with E-state index in [1.165, 1.54) is 11.1 Å². The molecule has 1 unspecified atom stereocenters. The van der Waals surface area contributed by atoms with Crippen molar-refractivity contribution >= 4 is 5.91 Å². The molecular formula is C17H25NO3. The van der Waals surface area contributed by atoms with Crippen molar-refractivity contribution < 1.29 is 14.6 Å². The highest BCUT2D eigenvalue weighted by molar-refractivity contribution is 5.77. The van der Waals surface area contributed by atoms with Crippen LogP contribution in [0.25, 0.3) is 0 Å². The Balaban J connectivity index is 2.11. The first-order chi connectivity index (χ1) is 10.2. The van der Waals surface area contributed by atoms with Crippen LogP contribution in [0.3, 0.4) is 0 Å². The van der Waals surface area contributed by atoms with Gasteiger partial charge in [-0.15, -0.1) is 0 Å². The van der Waals surface area contributed by atoms with Crippen molar-refractivity contribution in [2.24, 2.45) is 0 Å². The zero-order valence-corrected chi connectivity index (χ0v) is 13.0. The van der Waals surface area contributed by atoms with E-state index < -0.39 is 0 Å². The number of hydrogen-bond acceptors (Lipinski definition) is 3. The summed E-state index contributed by atoms with van der Waals surface area (Å²) in [5.74, 6) is 1.32. The average Bonchev–Trinajstić information content (AvgIpc) is 2.52. The third-order valence-corrected chi connectivity index (χ3v) is 4.31. The number of aryl methyl sites for hydroxylation is 1. The Bertz CT molecular complexity index is 487. The van der Waals surface area contributed by atoms with E-state index in [-0.39, 0.29) is 12.5 Å². The normalized spacial score (nSPS) is 17.2. The molecule has 21 heavy (non-hydrogen) atoms. The molecule has 0 aromatic heterocycles. The van der Waals surface area contributed by atoms with Crippen LogP contribution in [0.1, 0.15) is 43.2 Å². The quantitative estimate of drug-likeness (QED) is 0.875. The van der Waals surface area contributed by atoms with Gasteiger partial charge in [-0.25, -0.2) is 0 Å². The number of methoxy groups -OCH3 is 1. The minimum Gasteiger partial charge on any atom is -0.497 e. The largest absolute Gasteiger partial charge is 0.497 e. The van der Waals surface area contributed by atoms with E-state index >= 15 is 0 Å². The molecule has 0 radical (unpaired) electrons. The summed E-state index contributed by atoms with van der Waals surface area (Å²) in [5, 5.41) is 9.03. The third-order valence-electron chi connectivity index (χ3n) is 4.31. The summed E-state index contributed by atoms with van der Waals surface area (Å²) in [6.45, 7) is 3.06. The smallest absolute Gasteiger partial charge is 0.223 e. The summed E-state index contributed by atoms with van der Waals surface area (Å²) in [7, 11) is 1.68. The lowest BCUT2D eigenvalue weighted by atomic mass is 9.80. The molecule has 4 nitrogen and oxygen atoms in total. The minimum absolute atomic E-state index is 0.0258. The zero-order valence-electron chi connectivity index (χ0n) is 13.0. The summed E-state index contributed by atoms with van der Waals surface area (Å²) in [4.78, 5) is 14.1. The van der Waals surface area contributed by atoms with Crippen molar-refractivity contribution in [3.8, 4) is 5.75 Å². The number of benzene rings is 1. The molecule has 116 valence electrons. The summed E-state index contributed by atoms with van der Waals surface area (Å²) in [6, 6.07) is 6.18. The Morgan fingerprint density at radius 1 is 1.48 bits per heavy atom. The zero-order chi connectivity index (χ0) is 15.2. The Morgan fingerprint density at radius 3 is 2.95 bits per heavy atom. The Morgan fingerprint density at radius 2 is 2.29 bits per heavy atom. The molecule has 1 aromatic rings. The number of hydrogen-bond donors (Lipinski definition) is 1. The van der Waals surface area contributed by atoms with Gasteiger partial charge in [0.1, 0.15) is 5.75 Å². The van der Waals surface area contributed by atoms with Gasteiger partial charge in [0.05, 0.1) is 13.7 Å². The second-order valence-corrected chi connectivity index (χ2v) is 5.56. The minimum atomic E-state index is 0.0258. The molecule has 0 aliphatic heterocycles. The van der Waals surface area contributed by atoms with Crippen LogP contribution in [0.4, 0.5) is 0 Å². The molecule has 1 aliphatic carbocycles. The van der Waals surface area contributed by atoms with Gasteiger partial charge in [0.2, 0.25) is 5.91 Å². The fourth-order valence-electron chi connectivity index (χ4n) is 3.15. The topological polar surface area (TPSA) is 49.8 Å². The summed E-state index contributed by atoms with van der Waals surface area (Å²) >= 11 is 0. The van der Waals surface area contributed by atoms with Gasteiger partial charge in [0, 0.05) is 19.5 Å². The maximum atomic E-state index is 12.4. The standard InChI is InChI=1S/C17H25NO3/c1-3-18(9-10-19)17(20)12-14-6-4-5-13-11-15(21-2)7-8-16(13)14/h7-8,11,14,19H,3-6,9-10,12H2,1-2H3. The molecule has 0 spiro atoms. The lowest BCUT2D eigenvalue weighted by Crippen LogP contribution is -2.34. The number of carbonyl (C=O) groups excluding carboxylic acids is 1. The van der Waals surface area contributed by atoms with E-state index in [9.17, 15) is 4.79 Å². The highest BCUT2D eigenvalue weighted by Gasteiger charge is 2.24. The summed E-state index contributed by atoms with van der Waals surface area (Å²) < 4.78 is 5.28. The Hall–Kier alpha value is -1.55. The van der Waals surface area contributed by atoms with Gasteiger partial charge in [0.15, 0.2) is 0 Å². The van der Waals surface area contributed by atoms with Crippen LogP contribution in [0.2, 0.25) is 0 Å². The summed E-state index contributed by atoms with van der Waals surface area (Å²) in [5.41, 5.74) is 2.60. The number of rotatable bonds is 6. The lowest BCUT2D eigenvalue weighted by Gasteiger charge is -2.28. The Labute approximate surface area is 126 Å². The van der Waals surface area contributed by atoms with Gasteiger partial charge in [-0.1, -0.05) is 6.07 Å². The van der Waals surface area contributed by atoms with Gasteiger partial charge in [-0.2, -0.15) is 0 Å². The molecule has 0 fully saturated rings. The number of aliphatic hydroxyl groups excluding tert-OH is 1. The number of likely N-dealkylation sites (N-methyl/N-ethyl adjacent to an activating group) is 1. The van der Waals surface area contributed by atoms with Gasteiger partial charge in [-0.3, -0.25) is 4.79 Å². The first kappa shape index (κ1) is 15.8. The highest BCUT2D eigenvalue weighted by Crippen LogP contribution is 2.36. The maximum Gasteiger partial charge on any atom is 0.223 e. The van der Waals surface area contributed by atoms with E-state index in [2.05, 4.69) is 12.1 Å². The van der Waals surface area contributed by atoms with Crippen molar-refractivity contribution in [2.75, 3.05) is 26.8 Å². The van der Waals surface area contributed by atoms with Crippen molar-refractivity contribution in [2.45, 2.75) is 38.5 Å². The SMILES string of the molecule is CCN(CCO)C(=O)CC1CCCc2cc(OC)ccc21. The van der Waals surface area contributed by atoms with Crippen LogP contribution < -0.4 is 4.74 Å². The van der Waals surface area contributed by atoms with Crippen molar-refractivity contribution in [1.82, 2.24) is 4.90 Å². The van der Waals surface area contributed by atoms with Gasteiger partial charge < -0.3 is 14.7 Å². The molecule has 4 heteroatoms. The molecule has 0 heterocycles. The van der Waals surface area contributed by atoms with Crippen molar-refractivity contribution in [1.29, 1.82) is 0 Å². The van der Waals surface area contributed by atoms with Gasteiger partial charge in [-0.05, 0) is 55.4 Å². The van der Waals surface area contributed by atoms with E-state index in [1.54, 1.807) is 12.0 Å². The number of nitrogens with zero attached hydrogens (tertiary/aromatic N) is 1. The molecular weight excluding hydrogens is 266 g/mol. The molecule has 0 bridgehead atoms. The second kappa shape index (κ2) is 7.46. The van der Waals surface area contributed by atoms with Crippen LogP contribution >= 0.6 is 0 Å². The molecule has 1 aromatic carbocycles. The number of carbonyl (C=O) groups is 1. The van der Waals surface area contributed by atoms with Crippen LogP contribution in [0, 0.1) is 0 Å². The number of aliphatic hydroxyl groups is 1. The number of amides is 1. The van der Waals surface area contributed by atoms with Gasteiger partial charge in [0.25, 0.3) is 0 Å². The first-order valence-corrected chi connectivity index (χ1v) is 7.75. The van der Waals surface area contributed by atoms with E-state index in [4.69, 9.17) is 9.84 Å². The monoisotopic (exact) mass is 291 g/mol. The molecule has 1 aliphatic rings. The van der Waals surface area contributed by atoms with Crippen LogP contribution in [0.15, 0.2) is 18.2 Å². The second-order valence-electron chi connectivity index (χ2n) is 5.56. The van der Waals surface area contributed by atoms with Gasteiger partial charge >= 0.3 is 0 Å².